The van der Waals surface area contributed by atoms with Crippen LogP contribution in [0.1, 0.15) is 63.0 Å². The van der Waals surface area contributed by atoms with Gasteiger partial charge in [0.25, 0.3) is 0 Å². The molecule has 2 aliphatic rings. The van der Waals surface area contributed by atoms with Crippen LogP contribution in [0.25, 0.3) is 0 Å². The summed E-state index contributed by atoms with van der Waals surface area (Å²) in [6.45, 7) is 4.14. The zero-order chi connectivity index (χ0) is 20.7. The highest BCUT2D eigenvalue weighted by Crippen LogP contribution is 2.55. The Labute approximate surface area is 163 Å². The van der Waals surface area contributed by atoms with E-state index in [2.05, 4.69) is 11.1 Å². The second kappa shape index (κ2) is 7.35. The van der Waals surface area contributed by atoms with Gasteiger partial charge in [-0.05, 0) is 73.1 Å². The third-order valence-corrected chi connectivity index (χ3v) is 7.47. The molecule has 0 radical (unpaired) electrons. The van der Waals surface area contributed by atoms with Crippen molar-refractivity contribution in [1.82, 2.24) is 0 Å². The molecule has 3 rings (SSSR count). The van der Waals surface area contributed by atoms with E-state index in [-0.39, 0.29) is 23.0 Å². The fourth-order valence-electron chi connectivity index (χ4n) is 5.13. The van der Waals surface area contributed by atoms with Crippen LogP contribution in [-0.4, -0.2) is 20.2 Å². The van der Waals surface area contributed by atoms with Crippen LogP contribution in [0, 0.1) is 17.3 Å². The molecule has 1 aromatic rings. The van der Waals surface area contributed by atoms with Gasteiger partial charge in [0.2, 0.25) is 0 Å². The molecule has 1 aromatic carbocycles. The highest BCUT2D eigenvalue weighted by molar-refractivity contribution is 7.88. The minimum Gasteiger partial charge on any atom is -0.376 e. The maximum Gasteiger partial charge on any atom is 0.534 e. The van der Waals surface area contributed by atoms with Gasteiger partial charge in [0.1, 0.15) is 12.0 Å². The lowest BCUT2D eigenvalue weighted by molar-refractivity contribution is -0.123. The second-order valence-electron chi connectivity index (χ2n) is 8.21. The number of alkyl halides is 3. The molecule has 0 N–H and O–H groups in total. The summed E-state index contributed by atoms with van der Waals surface area (Å²) in [6, 6.07) is 4.41. The lowest BCUT2D eigenvalue weighted by Gasteiger charge is -2.50. The number of carbonyl (C=O) groups excluding carboxylic acids is 1. The quantitative estimate of drug-likeness (QED) is 0.385. The summed E-state index contributed by atoms with van der Waals surface area (Å²) in [5.41, 5.74) is -3.91. The van der Waals surface area contributed by atoms with E-state index in [0.717, 1.165) is 49.5 Å². The molecular formula is C20H25F3O4S. The van der Waals surface area contributed by atoms with Crippen LogP contribution in [0.2, 0.25) is 0 Å². The molecule has 0 heterocycles. The first kappa shape index (κ1) is 21.1. The monoisotopic (exact) mass is 418 g/mol. The van der Waals surface area contributed by atoms with Gasteiger partial charge in [-0.3, -0.25) is 0 Å². The van der Waals surface area contributed by atoms with Crippen molar-refractivity contribution in [3.8, 4) is 5.75 Å². The van der Waals surface area contributed by atoms with E-state index in [4.69, 9.17) is 0 Å². The number of halogens is 3. The first-order valence-electron chi connectivity index (χ1n) is 9.62. The molecular weight excluding hydrogens is 393 g/mol. The predicted octanol–water partition coefficient (Wildman–Crippen LogP) is 4.98. The molecule has 28 heavy (non-hydrogen) atoms. The maximum atomic E-state index is 12.6. The van der Waals surface area contributed by atoms with E-state index in [0.29, 0.717) is 12.3 Å². The van der Waals surface area contributed by atoms with Crippen molar-refractivity contribution in [2.45, 2.75) is 63.8 Å². The Hall–Kier alpha value is -1.57. The van der Waals surface area contributed by atoms with Gasteiger partial charge in [0.05, 0.1) is 0 Å². The van der Waals surface area contributed by atoms with Crippen LogP contribution in [0.3, 0.4) is 0 Å². The molecule has 2 aliphatic carbocycles. The van der Waals surface area contributed by atoms with Crippen LogP contribution in [0.5, 0.6) is 5.75 Å². The normalized spacial score (nSPS) is 30.2. The van der Waals surface area contributed by atoms with Gasteiger partial charge in [0.15, 0.2) is 0 Å². The molecule has 4 unspecified atom stereocenters. The minimum absolute atomic E-state index is 0.238. The zero-order valence-electron chi connectivity index (χ0n) is 16.0. The number of aryl methyl sites for hydroxylation is 1. The molecule has 8 heteroatoms. The molecule has 156 valence electrons. The summed E-state index contributed by atoms with van der Waals surface area (Å²) >= 11 is 0. The summed E-state index contributed by atoms with van der Waals surface area (Å²) in [6.07, 6.45) is 6.15. The van der Waals surface area contributed by atoms with E-state index >= 15 is 0 Å². The molecule has 0 bridgehead atoms. The number of hydrogen-bond donors (Lipinski definition) is 0. The standard InChI is InChI=1S/C20H25F3O4S/c1-3-4-18-17-7-5-13-11-14(27-28(25,26)20(21,22)23)6-8-15(13)16(17)9-10-19(18,2)12-24/h6,8,11-12,16-18H,3-5,7,9-10H2,1-2H3. The van der Waals surface area contributed by atoms with Crippen LogP contribution in [0.4, 0.5) is 13.2 Å². The number of aldehydes is 1. The molecule has 0 aromatic heterocycles. The van der Waals surface area contributed by atoms with Crippen LogP contribution < -0.4 is 4.18 Å². The molecule has 0 amide bonds. The van der Waals surface area contributed by atoms with E-state index < -0.39 is 15.6 Å². The van der Waals surface area contributed by atoms with Crippen molar-refractivity contribution in [3.05, 3.63) is 29.3 Å². The number of fused-ring (bicyclic) bond motifs is 3. The van der Waals surface area contributed by atoms with Crippen molar-refractivity contribution < 1.29 is 30.6 Å². The minimum atomic E-state index is -5.67. The Kier molecular flexibility index (Phi) is 5.55. The van der Waals surface area contributed by atoms with Gasteiger partial charge in [0, 0.05) is 5.41 Å². The Morgan fingerprint density at radius 1 is 1.29 bits per heavy atom. The second-order valence-corrected chi connectivity index (χ2v) is 9.75. The van der Waals surface area contributed by atoms with Gasteiger partial charge in [-0.15, -0.1) is 0 Å². The topological polar surface area (TPSA) is 60.4 Å². The van der Waals surface area contributed by atoms with E-state index in [1.54, 1.807) is 6.07 Å². The lowest BCUT2D eigenvalue weighted by Crippen LogP contribution is -2.43. The molecule has 4 nitrogen and oxygen atoms in total. The van der Waals surface area contributed by atoms with E-state index in [1.165, 1.54) is 12.1 Å². The van der Waals surface area contributed by atoms with Crippen molar-refractivity contribution in [2.75, 3.05) is 0 Å². The Morgan fingerprint density at radius 2 is 2.00 bits per heavy atom. The molecule has 4 atom stereocenters. The van der Waals surface area contributed by atoms with Crippen LogP contribution >= 0.6 is 0 Å². The highest BCUT2D eigenvalue weighted by Gasteiger charge is 2.49. The maximum absolute atomic E-state index is 12.6. The average molecular weight is 418 g/mol. The summed E-state index contributed by atoms with van der Waals surface area (Å²) < 4.78 is 64.5. The summed E-state index contributed by atoms with van der Waals surface area (Å²) in [5.74, 6) is 0.556. The smallest absolute Gasteiger partial charge is 0.376 e. The molecule has 0 saturated heterocycles. The van der Waals surface area contributed by atoms with Gasteiger partial charge >= 0.3 is 15.6 Å². The van der Waals surface area contributed by atoms with Crippen molar-refractivity contribution in [3.63, 3.8) is 0 Å². The lowest BCUT2D eigenvalue weighted by atomic mass is 9.54. The summed E-state index contributed by atoms with van der Waals surface area (Å²) in [7, 11) is -5.67. The van der Waals surface area contributed by atoms with E-state index in [1.807, 2.05) is 6.92 Å². The third kappa shape index (κ3) is 3.67. The molecule has 0 aliphatic heterocycles. The van der Waals surface area contributed by atoms with Gasteiger partial charge in [-0.25, -0.2) is 0 Å². The Bertz CT molecular complexity index is 849. The highest BCUT2D eigenvalue weighted by atomic mass is 32.2. The van der Waals surface area contributed by atoms with Crippen molar-refractivity contribution in [2.24, 2.45) is 17.3 Å². The summed E-state index contributed by atoms with van der Waals surface area (Å²) in [4.78, 5) is 11.8. The van der Waals surface area contributed by atoms with Gasteiger partial charge < -0.3 is 8.98 Å². The van der Waals surface area contributed by atoms with Gasteiger partial charge in [-0.2, -0.15) is 21.6 Å². The van der Waals surface area contributed by atoms with Crippen molar-refractivity contribution in [1.29, 1.82) is 0 Å². The molecule has 1 fully saturated rings. The zero-order valence-corrected chi connectivity index (χ0v) is 16.8. The van der Waals surface area contributed by atoms with Crippen molar-refractivity contribution >= 4 is 16.4 Å². The SMILES string of the molecule is CCCC1C2CCc3cc(OS(=O)(=O)C(F)(F)F)ccc3C2CCC1(C)C=O. The Morgan fingerprint density at radius 3 is 2.61 bits per heavy atom. The fraction of sp³-hybridized carbons (Fsp3) is 0.650. The first-order chi connectivity index (χ1) is 13.0. The number of carbonyl (C=O) groups is 1. The summed E-state index contributed by atoms with van der Waals surface area (Å²) in [5, 5.41) is 0. The number of benzene rings is 1. The predicted molar refractivity (Wildman–Crippen MR) is 98.4 cm³/mol. The number of hydrogen-bond acceptors (Lipinski definition) is 4. The third-order valence-electron chi connectivity index (χ3n) is 6.49. The average Bonchev–Trinajstić information content (AvgIpc) is 2.62. The Balaban J connectivity index is 1.89. The molecule has 1 saturated carbocycles. The molecule has 0 spiro atoms. The van der Waals surface area contributed by atoms with E-state index in [9.17, 15) is 26.4 Å². The number of rotatable bonds is 5. The largest absolute Gasteiger partial charge is 0.534 e. The van der Waals surface area contributed by atoms with Crippen LogP contribution in [-0.2, 0) is 21.3 Å². The van der Waals surface area contributed by atoms with Gasteiger partial charge in [-0.1, -0.05) is 26.3 Å². The fourth-order valence-corrected chi connectivity index (χ4v) is 5.58. The first-order valence-corrected chi connectivity index (χ1v) is 11.0. The van der Waals surface area contributed by atoms with Crippen LogP contribution in [0.15, 0.2) is 18.2 Å².